The average molecular weight is 423 g/mol. The van der Waals surface area contributed by atoms with E-state index in [0.717, 1.165) is 25.7 Å². The van der Waals surface area contributed by atoms with E-state index < -0.39 is 47.7 Å². The van der Waals surface area contributed by atoms with Gasteiger partial charge in [0.15, 0.2) is 36.4 Å². The third-order valence-corrected chi connectivity index (χ3v) is 5.29. The standard InChI is InChI=1S/C17H22F4N3O3P/c1-28(26,27)10-8-6-4-2-3-5-7-9-11(25)12-13(18)15(20)17(23-24-22)16(21)14(12)19/h2-10H2,1H3,(H,26,27). The first-order valence-electron chi connectivity index (χ1n) is 8.83. The minimum Gasteiger partial charge on any atom is -0.344 e. The van der Waals surface area contributed by atoms with Crippen LogP contribution in [0.1, 0.15) is 61.7 Å². The molecule has 0 aliphatic rings. The van der Waals surface area contributed by atoms with E-state index in [1.54, 1.807) is 0 Å². The Morgan fingerprint density at radius 1 is 0.964 bits per heavy atom. The zero-order chi connectivity index (χ0) is 21.3. The van der Waals surface area contributed by atoms with Crippen molar-refractivity contribution >= 4 is 18.8 Å². The highest BCUT2D eigenvalue weighted by Gasteiger charge is 2.28. The van der Waals surface area contributed by atoms with Crippen LogP contribution in [0, 0.1) is 23.3 Å². The van der Waals surface area contributed by atoms with E-state index in [1.807, 2.05) is 0 Å². The lowest BCUT2D eigenvalue weighted by molar-refractivity contribution is 0.0968. The fraction of sp³-hybridized carbons (Fsp3) is 0.588. The summed E-state index contributed by atoms with van der Waals surface area (Å²) in [4.78, 5) is 23.2. The molecule has 1 unspecified atom stereocenters. The van der Waals surface area contributed by atoms with Crippen molar-refractivity contribution in [1.82, 2.24) is 0 Å². The van der Waals surface area contributed by atoms with Gasteiger partial charge in [0.1, 0.15) is 5.69 Å². The number of carbonyl (C=O) groups excluding carboxylic acids is 1. The third-order valence-electron chi connectivity index (χ3n) is 4.14. The van der Waals surface area contributed by atoms with Crippen LogP contribution < -0.4 is 0 Å². The first kappa shape index (κ1) is 24.1. The monoisotopic (exact) mass is 423 g/mol. The Morgan fingerprint density at radius 2 is 1.43 bits per heavy atom. The summed E-state index contributed by atoms with van der Waals surface area (Å²) in [6.07, 6.45) is 4.78. The summed E-state index contributed by atoms with van der Waals surface area (Å²) < 4.78 is 66.2. The lowest BCUT2D eigenvalue weighted by atomic mass is 10.0. The lowest BCUT2D eigenvalue weighted by Crippen LogP contribution is -2.10. The SMILES string of the molecule is CP(=O)(O)CCCCCCCCCC(=O)c1c(F)c(F)c(N=[N+]=[N-])c(F)c1F. The molecule has 0 radical (unpaired) electrons. The molecule has 1 aromatic rings. The topological polar surface area (TPSA) is 103 Å². The van der Waals surface area contributed by atoms with Gasteiger partial charge >= 0.3 is 0 Å². The Hall–Kier alpha value is -1.89. The highest BCUT2D eigenvalue weighted by atomic mass is 31.2. The summed E-state index contributed by atoms with van der Waals surface area (Å²) in [5.74, 6) is -8.62. The second-order valence-corrected chi connectivity index (χ2v) is 9.14. The number of halogens is 4. The molecule has 0 saturated heterocycles. The minimum atomic E-state index is -2.97. The number of hydrogen-bond donors (Lipinski definition) is 1. The number of ketones is 1. The van der Waals surface area contributed by atoms with Gasteiger partial charge in [-0.2, -0.15) is 0 Å². The number of Topliss-reactive ketones (excluding diaryl/α,β-unsaturated/α-hetero) is 1. The van der Waals surface area contributed by atoms with Crippen LogP contribution in [0.4, 0.5) is 23.2 Å². The predicted octanol–water partition coefficient (Wildman–Crippen LogP) is 6.39. The number of unbranched alkanes of at least 4 members (excludes halogenated alkanes) is 6. The molecule has 0 aliphatic heterocycles. The fourth-order valence-corrected chi connectivity index (χ4v) is 3.51. The van der Waals surface area contributed by atoms with Crippen LogP contribution in [0.25, 0.3) is 10.4 Å². The third kappa shape index (κ3) is 7.26. The molecule has 156 valence electrons. The van der Waals surface area contributed by atoms with Gasteiger partial charge in [0.25, 0.3) is 0 Å². The van der Waals surface area contributed by atoms with Crippen molar-refractivity contribution in [2.24, 2.45) is 5.11 Å². The summed E-state index contributed by atoms with van der Waals surface area (Å²) in [5, 5.41) is 2.57. The number of azide groups is 1. The van der Waals surface area contributed by atoms with Crippen molar-refractivity contribution in [3.05, 3.63) is 39.3 Å². The zero-order valence-corrected chi connectivity index (χ0v) is 16.3. The number of rotatable bonds is 12. The molecule has 0 heterocycles. The van der Waals surface area contributed by atoms with E-state index in [4.69, 9.17) is 10.4 Å². The van der Waals surface area contributed by atoms with Crippen molar-refractivity contribution in [3.63, 3.8) is 0 Å². The van der Waals surface area contributed by atoms with Gasteiger partial charge in [-0.3, -0.25) is 9.36 Å². The van der Waals surface area contributed by atoms with Crippen molar-refractivity contribution in [1.29, 1.82) is 0 Å². The summed E-state index contributed by atoms with van der Waals surface area (Å²) in [7, 11) is -2.97. The van der Waals surface area contributed by atoms with Crippen LogP contribution in [0.3, 0.4) is 0 Å². The number of carbonyl (C=O) groups is 1. The Bertz CT molecular complexity index is 778. The second-order valence-electron chi connectivity index (χ2n) is 6.59. The van der Waals surface area contributed by atoms with E-state index in [2.05, 4.69) is 10.0 Å². The van der Waals surface area contributed by atoms with Gasteiger partial charge in [0.05, 0.1) is 5.56 Å². The van der Waals surface area contributed by atoms with Gasteiger partial charge in [-0.1, -0.05) is 37.2 Å². The fourth-order valence-electron chi connectivity index (χ4n) is 2.70. The molecule has 0 spiro atoms. The Labute approximate surface area is 160 Å². The van der Waals surface area contributed by atoms with E-state index in [-0.39, 0.29) is 12.6 Å². The van der Waals surface area contributed by atoms with Crippen LogP contribution in [0.5, 0.6) is 0 Å². The average Bonchev–Trinajstić information content (AvgIpc) is 2.61. The quantitative estimate of drug-likeness (QED) is 0.0616. The molecule has 1 rings (SSSR count). The van der Waals surface area contributed by atoms with Gasteiger partial charge in [0.2, 0.25) is 0 Å². The predicted molar refractivity (Wildman–Crippen MR) is 97.0 cm³/mol. The molecule has 0 aliphatic carbocycles. The van der Waals surface area contributed by atoms with Crippen molar-refractivity contribution in [2.45, 2.75) is 51.4 Å². The molecule has 0 aromatic heterocycles. The van der Waals surface area contributed by atoms with Crippen molar-refractivity contribution < 1.29 is 31.8 Å². The van der Waals surface area contributed by atoms with E-state index in [1.165, 1.54) is 6.66 Å². The number of benzene rings is 1. The van der Waals surface area contributed by atoms with Crippen LogP contribution in [0.15, 0.2) is 5.11 Å². The lowest BCUT2D eigenvalue weighted by Gasteiger charge is -2.09. The van der Waals surface area contributed by atoms with Crippen molar-refractivity contribution in [3.8, 4) is 0 Å². The van der Waals surface area contributed by atoms with Crippen molar-refractivity contribution in [2.75, 3.05) is 12.8 Å². The van der Waals surface area contributed by atoms with E-state index in [0.29, 0.717) is 19.3 Å². The van der Waals surface area contributed by atoms with Crippen LogP contribution in [-0.2, 0) is 4.57 Å². The minimum absolute atomic E-state index is 0.281. The van der Waals surface area contributed by atoms with Gasteiger partial charge in [-0.05, 0) is 18.4 Å². The molecule has 0 saturated carbocycles. The molecule has 0 bridgehead atoms. The second kappa shape index (κ2) is 11.2. The molecule has 0 fully saturated rings. The largest absolute Gasteiger partial charge is 0.344 e. The maximum Gasteiger partial charge on any atom is 0.197 e. The first-order chi connectivity index (χ1) is 13.1. The van der Waals surface area contributed by atoms with Crippen LogP contribution >= 0.6 is 7.37 Å². The molecule has 28 heavy (non-hydrogen) atoms. The highest BCUT2D eigenvalue weighted by molar-refractivity contribution is 7.57. The Balaban J connectivity index is 2.48. The van der Waals surface area contributed by atoms with Gasteiger partial charge < -0.3 is 4.89 Å². The smallest absolute Gasteiger partial charge is 0.197 e. The van der Waals surface area contributed by atoms with Crippen LogP contribution in [-0.4, -0.2) is 23.5 Å². The Morgan fingerprint density at radius 3 is 1.89 bits per heavy atom. The number of nitrogens with zero attached hydrogens (tertiary/aromatic N) is 3. The summed E-state index contributed by atoms with van der Waals surface area (Å²) >= 11 is 0. The van der Waals surface area contributed by atoms with E-state index in [9.17, 15) is 26.9 Å². The molecule has 11 heteroatoms. The van der Waals surface area contributed by atoms with Crippen LogP contribution in [0.2, 0.25) is 0 Å². The zero-order valence-electron chi connectivity index (χ0n) is 15.4. The summed E-state index contributed by atoms with van der Waals surface area (Å²) in [5.41, 5.74) is 5.43. The summed E-state index contributed by atoms with van der Waals surface area (Å²) in [6.45, 7) is 1.32. The molecular formula is C17H22F4N3O3P. The highest BCUT2D eigenvalue weighted by Crippen LogP contribution is 2.36. The Kier molecular flexibility index (Phi) is 9.65. The molecule has 1 N–H and O–H groups in total. The maximum atomic E-state index is 13.9. The van der Waals surface area contributed by atoms with E-state index >= 15 is 0 Å². The normalized spacial score (nSPS) is 13.1. The van der Waals surface area contributed by atoms with Gasteiger partial charge in [0, 0.05) is 24.2 Å². The maximum absolute atomic E-state index is 13.9. The van der Waals surface area contributed by atoms with Gasteiger partial charge in [-0.15, -0.1) is 0 Å². The molecular weight excluding hydrogens is 401 g/mol. The molecule has 1 aromatic carbocycles. The first-order valence-corrected chi connectivity index (χ1v) is 11.1. The number of hydrogen-bond acceptors (Lipinski definition) is 3. The molecule has 1 atom stereocenters. The molecule has 6 nitrogen and oxygen atoms in total. The molecule has 0 amide bonds. The summed E-state index contributed by atoms with van der Waals surface area (Å²) in [6, 6.07) is 0. The van der Waals surface area contributed by atoms with Gasteiger partial charge in [-0.25, -0.2) is 17.6 Å².